The fourth-order valence-corrected chi connectivity index (χ4v) is 4.19. The summed E-state index contributed by atoms with van der Waals surface area (Å²) >= 11 is 5.93. The Kier molecular flexibility index (Phi) is 5.55. The number of nitrogens with one attached hydrogen (secondary N) is 1. The standard InChI is InChI=1S/C17H21ClN4O3S/c1-21-7-9-22(10-8-21)14-4-6-17(19-12-14)20-26(23,24)16-11-13(18)3-5-15(16)25-2/h3-6,11-12H,7-10H2,1-2H3,(H,19,20). The highest BCUT2D eigenvalue weighted by Gasteiger charge is 2.21. The summed E-state index contributed by atoms with van der Waals surface area (Å²) in [6, 6.07) is 7.96. The Morgan fingerprint density at radius 3 is 2.50 bits per heavy atom. The van der Waals surface area contributed by atoms with E-state index in [9.17, 15) is 8.42 Å². The van der Waals surface area contributed by atoms with Gasteiger partial charge in [0.05, 0.1) is 19.0 Å². The molecular formula is C17H21ClN4O3S. The van der Waals surface area contributed by atoms with Crippen LogP contribution in [0.3, 0.4) is 0 Å². The van der Waals surface area contributed by atoms with Crippen LogP contribution >= 0.6 is 11.6 Å². The minimum absolute atomic E-state index is 0.0301. The van der Waals surface area contributed by atoms with Gasteiger partial charge in [-0.1, -0.05) is 11.6 Å². The maximum atomic E-state index is 12.7. The van der Waals surface area contributed by atoms with E-state index in [0.29, 0.717) is 5.02 Å². The molecule has 0 saturated carbocycles. The summed E-state index contributed by atoms with van der Waals surface area (Å²) in [5.74, 6) is 0.459. The number of likely N-dealkylation sites (N-methyl/N-ethyl adjacent to an activating group) is 1. The van der Waals surface area contributed by atoms with Crippen molar-refractivity contribution in [1.82, 2.24) is 9.88 Å². The van der Waals surface area contributed by atoms with Crippen LogP contribution in [0.15, 0.2) is 41.4 Å². The largest absolute Gasteiger partial charge is 0.495 e. The molecule has 0 unspecified atom stereocenters. The van der Waals surface area contributed by atoms with Crippen molar-refractivity contribution in [3.05, 3.63) is 41.6 Å². The first-order valence-electron chi connectivity index (χ1n) is 8.15. The fraction of sp³-hybridized carbons (Fsp3) is 0.353. The molecule has 2 heterocycles. The zero-order chi connectivity index (χ0) is 18.7. The number of ether oxygens (including phenoxy) is 1. The van der Waals surface area contributed by atoms with Crippen molar-refractivity contribution >= 4 is 33.1 Å². The van der Waals surface area contributed by atoms with E-state index in [1.807, 2.05) is 6.07 Å². The van der Waals surface area contributed by atoms with Crippen molar-refractivity contribution in [3.8, 4) is 5.75 Å². The highest BCUT2D eigenvalue weighted by atomic mass is 35.5. The van der Waals surface area contributed by atoms with Crippen LogP contribution < -0.4 is 14.4 Å². The lowest BCUT2D eigenvalue weighted by Gasteiger charge is -2.33. The summed E-state index contributed by atoms with van der Waals surface area (Å²) < 4.78 is 32.9. The van der Waals surface area contributed by atoms with Gasteiger partial charge in [-0.15, -0.1) is 0 Å². The second-order valence-electron chi connectivity index (χ2n) is 6.09. The molecule has 1 aliphatic rings. The first-order chi connectivity index (χ1) is 12.4. The predicted molar refractivity (Wildman–Crippen MR) is 103 cm³/mol. The van der Waals surface area contributed by atoms with Gasteiger partial charge in [-0.25, -0.2) is 13.4 Å². The molecule has 1 aromatic carbocycles. The summed E-state index contributed by atoms with van der Waals surface area (Å²) in [6.07, 6.45) is 1.68. The van der Waals surface area contributed by atoms with Gasteiger partial charge in [0.25, 0.3) is 10.0 Å². The third-order valence-corrected chi connectivity index (χ3v) is 5.88. The SMILES string of the molecule is COc1ccc(Cl)cc1S(=O)(=O)Nc1ccc(N2CCN(C)CC2)cn1. The van der Waals surface area contributed by atoms with Crippen LogP contribution in [0.25, 0.3) is 0 Å². The molecule has 0 atom stereocenters. The number of hydrogen-bond donors (Lipinski definition) is 1. The van der Waals surface area contributed by atoms with Gasteiger partial charge in [0.1, 0.15) is 16.5 Å². The van der Waals surface area contributed by atoms with Crippen LogP contribution in [0.5, 0.6) is 5.75 Å². The second kappa shape index (κ2) is 7.69. The van der Waals surface area contributed by atoms with E-state index < -0.39 is 10.0 Å². The zero-order valence-corrected chi connectivity index (χ0v) is 16.2. The molecule has 0 spiro atoms. The number of anilines is 2. The zero-order valence-electron chi connectivity index (χ0n) is 14.6. The molecule has 7 nitrogen and oxygen atoms in total. The summed E-state index contributed by atoms with van der Waals surface area (Å²) in [7, 11) is -0.363. The first kappa shape index (κ1) is 18.8. The number of benzene rings is 1. The Hall–Kier alpha value is -2.03. The molecule has 26 heavy (non-hydrogen) atoms. The van der Waals surface area contributed by atoms with Crippen LogP contribution in [0, 0.1) is 0 Å². The molecule has 9 heteroatoms. The highest BCUT2D eigenvalue weighted by molar-refractivity contribution is 7.92. The first-order valence-corrected chi connectivity index (χ1v) is 10.0. The maximum absolute atomic E-state index is 12.7. The average molecular weight is 397 g/mol. The maximum Gasteiger partial charge on any atom is 0.266 e. The predicted octanol–water partition coefficient (Wildman–Crippen LogP) is 2.30. The smallest absolute Gasteiger partial charge is 0.266 e. The minimum atomic E-state index is -3.87. The van der Waals surface area contributed by atoms with Crippen molar-refractivity contribution in [3.63, 3.8) is 0 Å². The molecule has 3 rings (SSSR count). The summed E-state index contributed by atoms with van der Waals surface area (Å²) in [4.78, 5) is 8.71. The van der Waals surface area contributed by atoms with E-state index in [1.165, 1.54) is 19.2 Å². The van der Waals surface area contributed by atoms with Gasteiger partial charge in [-0.2, -0.15) is 0 Å². The molecule has 0 amide bonds. The Morgan fingerprint density at radius 1 is 1.15 bits per heavy atom. The number of nitrogens with zero attached hydrogens (tertiary/aromatic N) is 3. The van der Waals surface area contributed by atoms with E-state index in [0.717, 1.165) is 31.9 Å². The summed E-state index contributed by atoms with van der Waals surface area (Å²) in [5.41, 5.74) is 0.974. The normalized spacial score (nSPS) is 15.7. The Morgan fingerprint density at radius 2 is 1.88 bits per heavy atom. The lowest BCUT2D eigenvalue weighted by Crippen LogP contribution is -2.44. The Bertz CT molecular complexity index is 866. The fourth-order valence-electron chi connectivity index (χ4n) is 2.75. The number of rotatable bonds is 5. The van der Waals surface area contributed by atoms with Gasteiger partial charge in [0, 0.05) is 31.2 Å². The topological polar surface area (TPSA) is 74.8 Å². The van der Waals surface area contributed by atoms with Crippen molar-refractivity contribution in [2.24, 2.45) is 0 Å². The molecule has 0 radical (unpaired) electrons. The number of sulfonamides is 1. The molecule has 1 aromatic heterocycles. The molecule has 1 fully saturated rings. The molecule has 0 aliphatic carbocycles. The van der Waals surface area contributed by atoms with E-state index in [1.54, 1.807) is 18.3 Å². The van der Waals surface area contributed by atoms with Gasteiger partial charge in [-0.05, 0) is 37.4 Å². The minimum Gasteiger partial charge on any atom is -0.495 e. The third kappa shape index (κ3) is 4.20. The van der Waals surface area contributed by atoms with E-state index in [2.05, 4.69) is 26.6 Å². The summed E-state index contributed by atoms with van der Waals surface area (Å²) in [5, 5.41) is 0.310. The van der Waals surface area contributed by atoms with E-state index in [4.69, 9.17) is 16.3 Å². The number of aromatic nitrogens is 1. The van der Waals surface area contributed by atoms with E-state index >= 15 is 0 Å². The van der Waals surface area contributed by atoms with Crippen LogP contribution in [-0.2, 0) is 10.0 Å². The molecule has 1 N–H and O–H groups in total. The van der Waals surface area contributed by atoms with Crippen LogP contribution in [0.2, 0.25) is 5.02 Å². The number of piperazine rings is 1. The average Bonchev–Trinajstić information content (AvgIpc) is 2.63. The molecule has 0 bridgehead atoms. The lowest BCUT2D eigenvalue weighted by atomic mass is 10.3. The van der Waals surface area contributed by atoms with Gasteiger partial charge in [0.2, 0.25) is 0 Å². The van der Waals surface area contributed by atoms with Crippen LogP contribution in [0.4, 0.5) is 11.5 Å². The Labute approximate surface area is 158 Å². The van der Waals surface area contributed by atoms with Gasteiger partial charge >= 0.3 is 0 Å². The quantitative estimate of drug-likeness (QED) is 0.835. The third-order valence-electron chi connectivity index (χ3n) is 4.27. The van der Waals surface area contributed by atoms with Crippen LogP contribution in [-0.4, -0.2) is 58.6 Å². The molecule has 1 aliphatic heterocycles. The molecule has 1 saturated heterocycles. The Balaban J connectivity index is 1.77. The van der Waals surface area contributed by atoms with E-state index in [-0.39, 0.29) is 16.5 Å². The monoisotopic (exact) mass is 396 g/mol. The number of halogens is 1. The summed E-state index contributed by atoms with van der Waals surface area (Å²) in [6.45, 7) is 3.82. The molecule has 140 valence electrons. The highest BCUT2D eigenvalue weighted by Crippen LogP contribution is 2.28. The van der Waals surface area contributed by atoms with Crippen LogP contribution in [0.1, 0.15) is 0 Å². The van der Waals surface area contributed by atoms with Crippen molar-refractivity contribution < 1.29 is 13.2 Å². The van der Waals surface area contributed by atoms with Gasteiger partial charge in [0.15, 0.2) is 0 Å². The lowest BCUT2D eigenvalue weighted by molar-refractivity contribution is 0.313. The van der Waals surface area contributed by atoms with Crippen molar-refractivity contribution in [2.75, 3.05) is 50.0 Å². The second-order valence-corrected chi connectivity index (χ2v) is 8.18. The molecule has 2 aromatic rings. The van der Waals surface area contributed by atoms with Crippen molar-refractivity contribution in [1.29, 1.82) is 0 Å². The number of methoxy groups -OCH3 is 1. The molecular weight excluding hydrogens is 376 g/mol. The van der Waals surface area contributed by atoms with Gasteiger partial charge in [-0.3, -0.25) is 4.72 Å². The van der Waals surface area contributed by atoms with Crippen molar-refractivity contribution in [2.45, 2.75) is 4.90 Å². The van der Waals surface area contributed by atoms with Gasteiger partial charge < -0.3 is 14.5 Å². The number of hydrogen-bond acceptors (Lipinski definition) is 6. The number of pyridine rings is 1.